The van der Waals surface area contributed by atoms with Gasteiger partial charge in [-0.15, -0.1) is 11.3 Å². The van der Waals surface area contributed by atoms with Crippen LogP contribution in [0, 0.1) is 0 Å². The van der Waals surface area contributed by atoms with Crippen LogP contribution in [0.3, 0.4) is 0 Å². The molecule has 0 unspecified atom stereocenters. The van der Waals surface area contributed by atoms with E-state index in [2.05, 4.69) is 4.98 Å². The fourth-order valence-electron chi connectivity index (χ4n) is 4.87. The fraction of sp³-hybridized carbons (Fsp3) is 0.500. The molecule has 2 atom stereocenters. The molecule has 7 nitrogen and oxygen atoms in total. The van der Waals surface area contributed by atoms with E-state index < -0.39 is 5.41 Å². The Morgan fingerprint density at radius 2 is 2.06 bits per heavy atom. The maximum absolute atomic E-state index is 13.8. The van der Waals surface area contributed by atoms with E-state index >= 15 is 0 Å². The van der Waals surface area contributed by atoms with Gasteiger partial charge in [0.15, 0.2) is 0 Å². The Hall–Kier alpha value is -2.29. The number of halogens is 1. The quantitative estimate of drug-likeness (QED) is 0.558. The van der Waals surface area contributed by atoms with Crippen molar-refractivity contribution in [3.8, 4) is 0 Å². The maximum atomic E-state index is 13.8. The number of aromatic nitrogens is 1. The number of likely N-dealkylation sites (N-methyl/N-ethyl adjacent to an activating group) is 1. The van der Waals surface area contributed by atoms with Gasteiger partial charge < -0.3 is 9.80 Å². The number of rotatable bonds is 7. The number of carbonyl (C=O) groups is 3. The summed E-state index contributed by atoms with van der Waals surface area (Å²) in [6.45, 7) is 1.47. The van der Waals surface area contributed by atoms with Crippen LogP contribution in [0.5, 0.6) is 0 Å². The molecule has 0 saturated carbocycles. The summed E-state index contributed by atoms with van der Waals surface area (Å²) < 4.78 is 0. The first-order valence-corrected chi connectivity index (χ1v) is 12.5. The topological polar surface area (TPSA) is 73.8 Å². The van der Waals surface area contributed by atoms with E-state index in [1.807, 2.05) is 29.3 Å². The lowest BCUT2D eigenvalue weighted by molar-refractivity contribution is -0.144. The molecule has 2 aromatic rings. The summed E-state index contributed by atoms with van der Waals surface area (Å²) in [5.74, 6) is -0.728. The second-order valence-electron chi connectivity index (χ2n) is 9.04. The molecule has 0 spiro atoms. The van der Waals surface area contributed by atoms with Gasteiger partial charge in [-0.25, -0.2) is 4.98 Å². The number of nitrogens with zero attached hydrogens (tertiary/aromatic N) is 4. The Balaban J connectivity index is 1.68. The lowest BCUT2D eigenvalue weighted by atomic mass is 9.75. The zero-order valence-corrected chi connectivity index (χ0v) is 20.6. The van der Waals surface area contributed by atoms with Crippen LogP contribution >= 0.6 is 22.9 Å². The smallest absolute Gasteiger partial charge is 0.240 e. The molecule has 33 heavy (non-hydrogen) atoms. The van der Waals surface area contributed by atoms with Crippen molar-refractivity contribution in [2.24, 2.45) is 0 Å². The maximum Gasteiger partial charge on any atom is 0.240 e. The van der Waals surface area contributed by atoms with Gasteiger partial charge in [-0.3, -0.25) is 19.3 Å². The number of thiazole rings is 1. The van der Waals surface area contributed by atoms with Crippen LogP contribution in [0.15, 0.2) is 35.8 Å². The van der Waals surface area contributed by atoms with Crippen molar-refractivity contribution in [3.63, 3.8) is 0 Å². The Labute approximate surface area is 203 Å². The minimum atomic E-state index is -1.29. The normalized spacial score (nSPS) is 23.6. The van der Waals surface area contributed by atoms with Crippen LogP contribution in [-0.2, 0) is 19.8 Å². The lowest BCUT2D eigenvalue weighted by Gasteiger charge is -2.37. The zero-order valence-electron chi connectivity index (χ0n) is 19.0. The highest BCUT2D eigenvalue weighted by molar-refractivity contribution is 7.09. The van der Waals surface area contributed by atoms with Crippen molar-refractivity contribution in [2.75, 3.05) is 33.7 Å². The van der Waals surface area contributed by atoms with E-state index in [4.69, 9.17) is 11.6 Å². The predicted molar refractivity (Wildman–Crippen MR) is 128 cm³/mol. The molecule has 2 fully saturated rings. The standard InChI is InChI=1S/C24H29ClN4O3S/c1-27(2)12-13-29-21(31)16-24(23(29)32,17-7-3-4-8-18(17)25)15-20(30)28-11-6-5-9-19(28)22-26-10-14-33-22/h3-4,7-8,10,14,19H,5-6,9,11-13,15-16H2,1-2H3/t19-,24+/m1/s1. The number of likely N-dealkylation sites (tertiary alicyclic amines) is 2. The highest BCUT2D eigenvalue weighted by Gasteiger charge is 2.55. The van der Waals surface area contributed by atoms with Gasteiger partial charge in [0.1, 0.15) is 5.01 Å². The molecule has 176 valence electrons. The van der Waals surface area contributed by atoms with Gasteiger partial charge in [0.2, 0.25) is 17.7 Å². The molecular weight excluding hydrogens is 460 g/mol. The molecule has 0 aliphatic carbocycles. The molecule has 4 rings (SSSR count). The summed E-state index contributed by atoms with van der Waals surface area (Å²) in [7, 11) is 3.79. The summed E-state index contributed by atoms with van der Waals surface area (Å²) in [6, 6.07) is 6.97. The largest absolute Gasteiger partial charge is 0.333 e. The fourth-order valence-corrected chi connectivity index (χ4v) is 5.97. The van der Waals surface area contributed by atoms with E-state index in [-0.39, 0.29) is 43.1 Å². The third kappa shape index (κ3) is 4.69. The van der Waals surface area contributed by atoms with Crippen molar-refractivity contribution in [3.05, 3.63) is 51.4 Å². The highest BCUT2D eigenvalue weighted by atomic mass is 35.5. The average molecular weight is 489 g/mol. The summed E-state index contributed by atoms with van der Waals surface area (Å²) >= 11 is 8.08. The van der Waals surface area contributed by atoms with E-state index in [1.54, 1.807) is 41.8 Å². The number of hydrogen-bond acceptors (Lipinski definition) is 6. The molecule has 1 aromatic heterocycles. The molecule has 3 amide bonds. The van der Waals surface area contributed by atoms with Crippen LogP contribution in [0.4, 0.5) is 0 Å². The van der Waals surface area contributed by atoms with Crippen molar-refractivity contribution in [1.82, 2.24) is 19.7 Å². The van der Waals surface area contributed by atoms with Gasteiger partial charge in [0.25, 0.3) is 0 Å². The van der Waals surface area contributed by atoms with Gasteiger partial charge in [0, 0.05) is 49.1 Å². The molecule has 0 N–H and O–H groups in total. The van der Waals surface area contributed by atoms with E-state index in [1.165, 1.54) is 4.90 Å². The molecule has 9 heteroatoms. The van der Waals surface area contributed by atoms with Crippen molar-refractivity contribution < 1.29 is 14.4 Å². The van der Waals surface area contributed by atoms with Crippen LogP contribution in [0.25, 0.3) is 0 Å². The first-order valence-electron chi connectivity index (χ1n) is 11.3. The van der Waals surface area contributed by atoms with Gasteiger partial charge in [-0.2, -0.15) is 0 Å². The van der Waals surface area contributed by atoms with Crippen LogP contribution in [0.2, 0.25) is 5.02 Å². The van der Waals surface area contributed by atoms with Crippen molar-refractivity contribution in [2.45, 2.75) is 43.6 Å². The first kappa shape index (κ1) is 23.9. The summed E-state index contributed by atoms with van der Waals surface area (Å²) in [4.78, 5) is 50.1. The second kappa shape index (κ2) is 9.91. The third-order valence-electron chi connectivity index (χ3n) is 6.58. The molecule has 2 saturated heterocycles. The van der Waals surface area contributed by atoms with E-state index in [0.717, 1.165) is 24.3 Å². The van der Waals surface area contributed by atoms with E-state index in [0.29, 0.717) is 23.7 Å². The molecule has 2 aliphatic heterocycles. The van der Waals surface area contributed by atoms with Crippen LogP contribution < -0.4 is 0 Å². The van der Waals surface area contributed by atoms with Crippen LogP contribution in [0.1, 0.15) is 48.7 Å². The Morgan fingerprint density at radius 3 is 2.76 bits per heavy atom. The van der Waals surface area contributed by atoms with Gasteiger partial charge in [-0.05, 0) is 45.0 Å². The second-order valence-corrected chi connectivity index (χ2v) is 10.4. The molecule has 0 bridgehead atoms. The number of imide groups is 1. The SMILES string of the molecule is CN(C)CCN1C(=O)C[C@@](CC(=O)N2CCCC[C@@H]2c2nccs2)(c2ccccc2Cl)C1=O. The lowest BCUT2D eigenvalue weighted by Crippen LogP contribution is -2.46. The van der Waals surface area contributed by atoms with Gasteiger partial charge >= 0.3 is 0 Å². The third-order valence-corrected chi connectivity index (χ3v) is 7.79. The summed E-state index contributed by atoms with van der Waals surface area (Å²) in [6.07, 6.45) is 4.41. The Kier molecular flexibility index (Phi) is 7.16. The van der Waals surface area contributed by atoms with Crippen molar-refractivity contribution in [1.29, 1.82) is 0 Å². The van der Waals surface area contributed by atoms with E-state index in [9.17, 15) is 14.4 Å². The average Bonchev–Trinajstić information content (AvgIpc) is 3.40. The number of piperidine rings is 1. The Bertz CT molecular complexity index is 1030. The van der Waals surface area contributed by atoms with Crippen molar-refractivity contribution >= 4 is 40.7 Å². The number of amides is 3. The first-order chi connectivity index (χ1) is 15.8. The van der Waals surface area contributed by atoms with Gasteiger partial charge in [0.05, 0.1) is 11.5 Å². The molecule has 0 radical (unpaired) electrons. The van der Waals surface area contributed by atoms with Crippen LogP contribution in [-0.4, -0.2) is 71.1 Å². The predicted octanol–water partition coefficient (Wildman–Crippen LogP) is 3.50. The summed E-state index contributed by atoms with van der Waals surface area (Å²) in [5.41, 5.74) is -0.738. The summed E-state index contributed by atoms with van der Waals surface area (Å²) in [5, 5.41) is 3.23. The number of benzene rings is 1. The minimum Gasteiger partial charge on any atom is -0.333 e. The number of carbonyl (C=O) groups excluding carboxylic acids is 3. The molecular formula is C24H29ClN4O3S. The number of hydrogen-bond donors (Lipinski definition) is 0. The van der Waals surface area contributed by atoms with Gasteiger partial charge in [-0.1, -0.05) is 29.8 Å². The highest BCUT2D eigenvalue weighted by Crippen LogP contribution is 2.44. The Morgan fingerprint density at radius 1 is 1.27 bits per heavy atom. The molecule has 3 heterocycles. The monoisotopic (exact) mass is 488 g/mol. The zero-order chi connectivity index (χ0) is 23.6. The molecule has 1 aromatic carbocycles. The minimum absolute atomic E-state index is 0.0511. The molecule has 2 aliphatic rings.